The SMILES string of the molecule is COC1CCCN(CCC(N)c2cccc(Br)c2)C1. The molecule has 0 spiro atoms. The van der Waals surface area contributed by atoms with Crippen molar-refractivity contribution in [3.8, 4) is 0 Å². The van der Waals surface area contributed by atoms with E-state index in [0.717, 1.165) is 24.0 Å². The fourth-order valence-electron chi connectivity index (χ4n) is 2.63. The molecule has 2 rings (SSSR count). The van der Waals surface area contributed by atoms with Crippen LogP contribution >= 0.6 is 15.9 Å². The number of hydrogen-bond acceptors (Lipinski definition) is 3. The molecular weight excluding hydrogens is 304 g/mol. The average molecular weight is 327 g/mol. The second-order valence-corrected chi connectivity index (χ2v) is 6.17. The van der Waals surface area contributed by atoms with Gasteiger partial charge in [0.2, 0.25) is 0 Å². The molecule has 2 atom stereocenters. The Morgan fingerprint density at radius 3 is 3.11 bits per heavy atom. The molecule has 1 aromatic carbocycles. The van der Waals surface area contributed by atoms with Crippen LogP contribution in [0.5, 0.6) is 0 Å². The van der Waals surface area contributed by atoms with E-state index in [4.69, 9.17) is 10.5 Å². The van der Waals surface area contributed by atoms with Gasteiger partial charge in [0.25, 0.3) is 0 Å². The molecular formula is C15H23BrN2O. The summed E-state index contributed by atoms with van der Waals surface area (Å²) in [5.41, 5.74) is 7.47. The van der Waals surface area contributed by atoms with Crippen LogP contribution in [-0.2, 0) is 4.74 Å². The molecule has 0 aromatic heterocycles. The monoisotopic (exact) mass is 326 g/mol. The maximum atomic E-state index is 6.27. The highest BCUT2D eigenvalue weighted by Crippen LogP contribution is 2.20. The molecule has 1 aliphatic rings. The van der Waals surface area contributed by atoms with E-state index in [1.165, 1.54) is 24.9 Å². The zero-order valence-corrected chi connectivity index (χ0v) is 13.1. The van der Waals surface area contributed by atoms with E-state index in [0.29, 0.717) is 6.10 Å². The highest BCUT2D eigenvalue weighted by Gasteiger charge is 2.19. The van der Waals surface area contributed by atoms with Gasteiger partial charge in [-0.2, -0.15) is 0 Å². The first-order valence-electron chi connectivity index (χ1n) is 6.95. The molecule has 106 valence electrons. The zero-order valence-electron chi connectivity index (χ0n) is 11.5. The highest BCUT2D eigenvalue weighted by atomic mass is 79.9. The first-order chi connectivity index (χ1) is 9.19. The average Bonchev–Trinajstić information content (AvgIpc) is 2.45. The summed E-state index contributed by atoms with van der Waals surface area (Å²) in [7, 11) is 1.81. The summed E-state index contributed by atoms with van der Waals surface area (Å²) >= 11 is 3.49. The summed E-state index contributed by atoms with van der Waals surface area (Å²) in [5, 5.41) is 0. The van der Waals surface area contributed by atoms with E-state index in [1.54, 1.807) is 7.11 Å². The van der Waals surface area contributed by atoms with E-state index < -0.39 is 0 Å². The van der Waals surface area contributed by atoms with Crippen molar-refractivity contribution >= 4 is 15.9 Å². The van der Waals surface area contributed by atoms with Gasteiger partial charge in [-0.15, -0.1) is 0 Å². The van der Waals surface area contributed by atoms with E-state index in [2.05, 4.69) is 33.0 Å². The number of halogens is 1. The Hall–Kier alpha value is -0.420. The second-order valence-electron chi connectivity index (χ2n) is 5.25. The summed E-state index contributed by atoms with van der Waals surface area (Å²) in [6.45, 7) is 3.26. The summed E-state index contributed by atoms with van der Waals surface area (Å²) in [6, 6.07) is 8.40. The van der Waals surface area contributed by atoms with Crippen LogP contribution in [0.2, 0.25) is 0 Å². The predicted molar refractivity (Wildman–Crippen MR) is 82.2 cm³/mol. The summed E-state index contributed by atoms with van der Waals surface area (Å²) < 4.78 is 6.54. The fourth-order valence-corrected chi connectivity index (χ4v) is 3.05. The fraction of sp³-hybridized carbons (Fsp3) is 0.600. The maximum absolute atomic E-state index is 6.27. The molecule has 0 bridgehead atoms. The number of ether oxygens (including phenoxy) is 1. The van der Waals surface area contributed by atoms with E-state index in [1.807, 2.05) is 12.1 Å². The number of benzene rings is 1. The topological polar surface area (TPSA) is 38.5 Å². The van der Waals surface area contributed by atoms with Crippen LogP contribution in [0.4, 0.5) is 0 Å². The van der Waals surface area contributed by atoms with Crippen molar-refractivity contribution in [1.82, 2.24) is 4.90 Å². The van der Waals surface area contributed by atoms with Gasteiger partial charge in [0, 0.05) is 30.7 Å². The zero-order chi connectivity index (χ0) is 13.7. The minimum Gasteiger partial charge on any atom is -0.380 e. The third-order valence-corrected chi connectivity index (χ3v) is 4.32. The number of hydrogen-bond donors (Lipinski definition) is 1. The van der Waals surface area contributed by atoms with Crippen molar-refractivity contribution in [2.24, 2.45) is 5.73 Å². The van der Waals surface area contributed by atoms with Gasteiger partial charge in [-0.3, -0.25) is 0 Å². The van der Waals surface area contributed by atoms with Crippen molar-refractivity contribution in [3.05, 3.63) is 34.3 Å². The van der Waals surface area contributed by atoms with Gasteiger partial charge in [0.1, 0.15) is 0 Å². The molecule has 0 saturated carbocycles. The lowest BCUT2D eigenvalue weighted by Crippen LogP contribution is -2.40. The summed E-state index contributed by atoms with van der Waals surface area (Å²) in [6.07, 6.45) is 3.80. The molecule has 1 aliphatic heterocycles. The van der Waals surface area contributed by atoms with Gasteiger partial charge in [-0.25, -0.2) is 0 Å². The molecule has 4 heteroatoms. The Morgan fingerprint density at radius 1 is 1.53 bits per heavy atom. The van der Waals surface area contributed by atoms with Crippen LogP contribution < -0.4 is 5.73 Å². The normalized spacial score (nSPS) is 22.4. The second kappa shape index (κ2) is 7.39. The predicted octanol–water partition coefficient (Wildman–Crippen LogP) is 2.95. The van der Waals surface area contributed by atoms with E-state index in [-0.39, 0.29) is 6.04 Å². The van der Waals surface area contributed by atoms with Crippen LogP contribution in [0, 0.1) is 0 Å². The third-order valence-electron chi connectivity index (χ3n) is 3.83. The van der Waals surface area contributed by atoms with Gasteiger partial charge >= 0.3 is 0 Å². The molecule has 0 amide bonds. The van der Waals surface area contributed by atoms with Crippen LogP contribution in [0.15, 0.2) is 28.7 Å². The smallest absolute Gasteiger partial charge is 0.0698 e. The van der Waals surface area contributed by atoms with Crippen molar-refractivity contribution in [2.75, 3.05) is 26.7 Å². The minimum atomic E-state index is 0.112. The lowest BCUT2D eigenvalue weighted by atomic mass is 10.0. The van der Waals surface area contributed by atoms with E-state index in [9.17, 15) is 0 Å². The molecule has 2 unspecified atom stereocenters. The summed E-state index contributed by atoms with van der Waals surface area (Å²) in [5.74, 6) is 0. The Balaban J connectivity index is 1.81. The first-order valence-corrected chi connectivity index (χ1v) is 7.74. The van der Waals surface area contributed by atoms with Gasteiger partial charge in [0.15, 0.2) is 0 Å². The van der Waals surface area contributed by atoms with Crippen LogP contribution in [-0.4, -0.2) is 37.7 Å². The molecule has 1 fully saturated rings. The first kappa shape index (κ1) is 15.0. The molecule has 1 saturated heterocycles. The number of rotatable bonds is 5. The largest absolute Gasteiger partial charge is 0.380 e. The van der Waals surface area contributed by atoms with Crippen molar-refractivity contribution in [3.63, 3.8) is 0 Å². The Morgan fingerprint density at radius 2 is 2.37 bits per heavy atom. The number of nitrogens with zero attached hydrogens (tertiary/aromatic N) is 1. The van der Waals surface area contributed by atoms with Gasteiger partial charge < -0.3 is 15.4 Å². The van der Waals surface area contributed by atoms with E-state index >= 15 is 0 Å². The minimum absolute atomic E-state index is 0.112. The molecule has 2 N–H and O–H groups in total. The molecule has 3 nitrogen and oxygen atoms in total. The molecule has 1 aromatic rings. The third kappa shape index (κ3) is 4.56. The Bertz CT molecular complexity index is 399. The molecule has 1 heterocycles. The van der Waals surface area contributed by atoms with Crippen molar-refractivity contribution < 1.29 is 4.74 Å². The number of piperidine rings is 1. The lowest BCUT2D eigenvalue weighted by molar-refractivity contribution is 0.0305. The number of nitrogens with two attached hydrogens (primary N) is 1. The van der Waals surface area contributed by atoms with Gasteiger partial charge in [-0.05, 0) is 43.5 Å². The highest BCUT2D eigenvalue weighted by molar-refractivity contribution is 9.10. The number of methoxy groups -OCH3 is 1. The van der Waals surface area contributed by atoms with Crippen molar-refractivity contribution in [2.45, 2.75) is 31.4 Å². The maximum Gasteiger partial charge on any atom is 0.0698 e. The van der Waals surface area contributed by atoms with Crippen molar-refractivity contribution in [1.29, 1.82) is 0 Å². The van der Waals surface area contributed by atoms with Gasteiger partial charge in [-0.1, -0.05) is 28.1 Å². The Kier molecular flexibility index (Phi) is 5.82. The molecule has 0 radical (unpaired) electrons. The van der Waals surface area contributed by atoms with Gasteiger partial charge in [0.05, 0.1) is 6.10 Å². The van der Waals surface area contributed by atoms with Crippen LogP contribution in [0.25, 0.3) is 0 Å². The molecule has 0 aliphatic carbocycles. The number of likely N-dealkylation sites (tertiary alicyclic amines) is 1. The lowest BCUT2D eigenvalue weighted by Gasteiger charge is -2.32. The Labute approximate surface area is 124 Å². The van der Waals surface area contributed by atoms with Crippen LogP contribution in [0.3, 0.4) is 0 Å². The van der Waals surface area contributed by atoms with Crippen LogP contribution in [0.1, 0.15) is 30.9 Å². The molecule has 19 heavy (non-hydrogen) atoms. The standard InChI is InChI=1S/C15H23BrN2O/c1-19-14-6-3-8-18(11-14)9-7-15(17)12-4-2-5-13(16)10-12/h2,4-5,10,14-15H,3,6-9,11,17H2,1H3. The quantitative estimate of drug-likeness (QED) is 0.904. The summed E-state index contributed by atoms with van der Waals surface area (Å²) in [4.78, 5) is 2.47.